The van der Waals surface area contributed by atoms with Gasteiger partial charge in [0, 0.05) is 6.07 Å². The maximum absolute atomic E-state index is 13.1. The van der Waals surface area contributed by atoms with Gasteiger partial charge in [0.1, 0.15) is 11.6 Å². The van der Waals surface area contributed by atoms with Crippen LogP contribution in [0.3, 0.4) is 0 Å². The highest BCUT2D eigenvalue weighted by Crippen LogP contribution is 2.20. The monoisotopic (exact) mass is 185 g/mol. The first kappa shape index (κ1) is 10.1. The molecule has 0 radical (unpaired) electrons. The molecular weight excluding hydrogens is 172 g/mol. The third-order valence-corrected chi connectivity index (χ3v) is 1.58. The molecule has 72 valence electrons. The van der Waals surface area contributed by atoms with Gasteiger partial charge in [0.05, 0.1) is 11.9 Å². The van der Waals surface area contributed by atoms with Crippen molar-refractivity contribution in [3.05, 3.63) is 29.6 Å². The predicted octanol–water partition coefficient (Wildman–Crippen LogP) is 2.95. The Hall–Kier alpha value is -0.990. The number of hydrogen-bond donors (Lipinski definition) is 0. The smallest absolute Gasteiger partial charge is 0.147 e. The van der Waals surface area contributed by atoms with Crippen molar-refractivity contribution >= 4 is 0 Å². The molecule has 0 bridgehead atoms. The molecule has 0 atom stereocenters. The number of pyridine rings is 1. The first-order valence-electron chi connectivity index (χ1n) is 4.18. The molecule has 0 N–H and O–H groups in total. The van der Waals surface area contributed by atoms with E-state index in [4.69, 9.17) is 0 Å². The summed E-state index contributed by atoms with van der Waals surface area (Å²) in [5.41, 5.74) is 0.292. The normalized spacial score (nSPS) is 11.8. The lowest BCUT2D eigenvalue weighted by atomic mass is 9.90. The van der Waals surface area contributed by atoms with Crippen molar-refractivity contribution in [2.75, 3.05) is 0 Å². The lowest BCUT2D eigenvalue weighted by Gasteiger charge is -2.17. The van der Waals surface area contributed by atoms with Crippen LogP contribution in [0.15, 0.2) is 12.3 Å². The minimum atomic E-state index is -0.629. The Balaban J connectivity index is 2.90. The van der Waals surface area contributed by atoms with Gasteiger partial charge in [-0.05, 0) is 11.8 Å². The number of nitrogens with zero attached hydrogens (tertiary/aromatic N) is 1. The Kier molecular flexibility index (Phi) is 2.64. The first-order valence-corrected chi connectivity index (χ1v) is 4.18. The van der Waals surface area contributed by atoms with Crippen molar-refractivity contribution in [3.8, 4) is 0 Å². The zero-order chi connectivity index (χ0) is 10.1. The van der Waals surface area contributed by atoms with Crippen LogP contribution in [0.25, 0.3) is 0 Å². The predicted molar refractivity (Wildman–Crippen MR) is 47.3 cm³/mol. The molecule has 0 spiro atoms. The van der Waals surface area contributed by atoms with Gasteiger partial charge in [-0.1, -0.05) is 20.8 Å². The van der Waals surface area contributed by atoms with Crippen molar-refractivity contribution < 1.29 is 8.78 Å². The zero-order valence-electron chi connectivity index (χ0n) is 8.06. The number of aromatic nitrogens is 1. The summed E-state index contributed by atoms with van der Waals surface area (Å²) in [4.78, 5) is 3.71. The van der Waals surface area contributed by atoms with Crippen molar-refractivity contribution in [2.45, 2.75) is 27.2 Å². The van der Waals surface area contributed by atoms with E-state index < -0.39 is 11.6 Å². The van der Waals surface area contributed by atoms with E-state index in [0.717, 1.165) is 12.3 Å². The Morgan fingerprint density at radius 1 is 1.31 bits per heavy atom. The number of halogens is 2. The Bertz CT molecular complexity index is 302. The fraction of sp³-hybridized carbons (Fsp3) is 0.500. The van der Waals surface area contributed by atoms with E-state index in [0.29, 0.717) is 12.1 Å². The molecule has 0 saturated heterocycles. The zero-order valence-corrected chi connectivity index (χ0v) is 8.06. The van der Waals surface area contributed by atoms with Crippen LogP contribution in [0.4, 0.5) is 8.78 Å². The van der Waals surface area contributed by atoms with Crippen LogP contribution in [0.1, 0.15) is 26.5 Å². The molecule has 13 heavy (non-hydrogen) atoms. The average molecular weight is 185 g/mol. The molecule has 1 nitrogen and oxygen atoms in total. The fourth-order valence-corrected chi connectivity index (χ4v) is 1.08. The van der Waals surface area contributed by atoms with E-state index in [1.807, 2.05) is 20.8 Å². The van der Waals surface area contributed by atoms with E-state index in [1.165, 1.54) is 0 Å². The van der Waals surface area contributed by atoms with E-state index in [1.54, 1.807) is 0 Å². The molecular formula is C10H13F2N. The summed E-state index contributed by atoms with van der Waals surface area (Å²) in [5, 5.41) is 0. The fourth-order valence-electron chi connectivity index (χ4n) is 1.08. The van der Waals surface area contributed by atoms with Crippen LogP contribution in [0, 0.1) is 17.0 Å². The molecule has 0 unspecified atom stereocenters. The standard InChI is InChI=1S/C10H13F2N/c1-10(2,3)5-9-8(12)4-7(11)6-13-9/h4,6H,5H2,1-3H3. The van der Waals surface area contributed by atoms with Crippen molar-refractivity contribution in [1.29, 1.82) is 0 Å². The summed E-state index contributed by atoms with van der Waals surface area (Å²) < 4.78 is 25.6. The van der Waals surface area contributed by atoms with E-state index in [2.05, 4.69) is 4.98 Å². The lowest BCUT2D eigenvalue weighted by Crippen LogP contribution is -2.12. The molecule has 0 saturated carbocycles. The maximum atomic E-state index is 13.1. The average Bonchev–Trinajstić information content (AvgIpc) is 1.93. The summed E-state index contributed by atoms with van der Waals surface area (Å²) in [6.45, 7) is 5.95. The van der Waals surface area contributed by atoms with Crippen LogP contribution in [-0.4, -0.2) is 4.98 Å². The molecule has 1 aromatic heterocycles. The molecule has 0 fully saturated rings. The summed E-state index contributed by atoms with van der Waals surface area (Å²) >= 11 is 0. The Labute approximate surface area is 76.8 Å². The summed E-state index contributed by atoms with van der Waals surface area (Å²) in [7, 11) is 0. The molecule has 1 aromatic rings. The first-order chi connectivity index (χ1) is 5.88. The molecule has 0 aliphatic heterocycles. The van der Waals surface area contributed by atoms with Crippen molar-refractivity contribution in [2.24, 2.45) is 5.41 Å². The molecule has 0 amide bonds. The largest absolute Gasteiger partial charge is 0.255 e. The molecule has 1 heterocycles. The van der Waals surface area contributed by atoms with Gasteiger partial charge in [-0.15, -0.1) is 0 Å². The van der Waals surface area contributed by atoms with Gasteiger partial charge in [0.25, 0.3) is 0 Å². The van der Waals surface area contributed by atoms with E-state index in [-0.39, 0.29) is 5.41 Å². The Morgan fingerprint density at radius 2 is 1.92 bits per heavy atom. The molecule has 0 aliphatic rings. The highest BCUT2D eigenvalue weighted by atomic mass is 19.1. The second-order valence-electron chi connectivity index (χ2n) is 4.32. The number of rotatable bonds is 1. The minimum absolute atomic E-state index is 0.0360. The second kappa shape index (κ2) is 3.40. The third kappa shape index (κ3) is 3.09. The highest BCUT2D eigenvalue weighted by molar-refractivity contribution is 5.09. The van der Waals surface area contributed by atoms with Gasteiger partial charge in [0.15, 0.2) is 0 Å². The lowest BCUT2D eigenvalue weighted by molar-refractivity contribution is 0.394. The van der Waals surface area contributed by atoms with Gasteiger partial charge in [-0.2, -0.15) is 0 Å². The highest BCUT2D eigenvalue weighted by Gasteiger charge is 2.15. The second-order valence-corrected chi connectivity index (χ2v) is 4.32. The van der Waals surface area contributed by atoms with Crippen molar-refractivity contribution in [3.63, 3.8) is 0 Å². The van der Waals surface area contributed by atoms with Crippen LogP contribution in [-0.2, 0) is 6.42 Å². The topological polar surface area (TPSA) is 12.9 Å². The molecule has 1 rings (SSSR count). The van der Waals surface area contributed by atoms with Gasteiger partial charge >= 0.3 is 0 Å². The van der Waals surface area contributed by atoms with Crippen molar-refractivity contribution in [1.82, 2.24) is 4.98 Å². The van der Waals surface area contributed by atoms with Gasteiger partial charge in [-0.25, -0.2) is 8.78 Å². The molecule has 0 aliphatic carbocycles. The summed E-state index contributed by atoms with van der Waals surface area (Å²) in [6, 6.07) is 0.869. The van der Waals surface area contributed by atoms with E-state index in [9.17, 15) is 8.78 Å². The molecule has 0 aromatic carbocycles. The van der Waals surface area contributed by atoms with Crippen LogP contribution < -0.4 is 0 Å². The van der Waals surface area contributed by atoms with Gasteiger partial charge < -0.3 is 0 Å². The SMILES string of the molecule is CC(C)(C)Cc1ncc(F)cc1F. The summed E-state index contributed by atoms with van der Waals surface area (Å²) in [6.07, 6.45) is 1.56. The minimum Gasteiger partial charge on any atom is -0.255 e. The summed E-state index contributed by atoms with van der Waals surface area (Å²) in [5.74, 6) is -1.19. The van der Waals surface area contributed by atoms with Gasteiger partial charge in [-0.3, -0.25) is 4.98 Å². The maximum Gasteiger partial charge on any atom is 0.147 e. The van der Waals surface area contributed by atoms with Crippen LogP contribution >= 0.6 is 0 Å². The van der Waals surface area contributed by atoms with E-state index >= 15 is 0 Å². The molecule has 3 heteroatoms. The third-order valence-electron chi connectivity index (χ3n) is 1.58. The number of hydrogen-bond acceptors (Lipinski definition) is 1. The Morgan fingerprint density at radius 3 is 2.38 bits per heavy atom. The van der Waals surface area contributed by atoms with Crippen LogP contribution in [0.2, 0.25) is 0 Å². The van der Waals surface area contributed by atoms with Gasteiger partial charge in [0.2, 0.25) is 0 Å². The quantitative estimate of drug-likeness (QED) is 0.655. The van der Waals surface area contributed by atoms with Crippen LogP contribution in [0.5, 0.6) is 0 Å².